The molecule has 0 saturated heterocycles. The Balaban J connectivity index is 1.86. The fourth-order valence-electron chi connectivity index (χ4n) is 2.19. The number of rotatable bonds is 8. The number of ether oxygens (including phenoxy) is 2. The van der Waals surface area contributed by atoms with Crippen LogP contribution in [0, 0.1) is 0 Å². The van der Waals surface area contributed by atoms with Gasteiger partial charge in [0.05, 0.1) is 23.4 Å². The van der Waals surface area contributed by atoms with Crippen LogP contribution in [0.4, 0.5) is 0 Å². The van der Waals surface area contributed by atoms with Crippen molar-refractivity contribution < 1.29 is 19.1 Å². The monoisotopic (exact) mass is 367 g/mol. The first kappa shape index (κ1) is 18.3. The van der Waals surface area contributed by atoms with Gasteiger partial charge in [-0.05, 0) is 18.2 Å². The second-order valence-corrected chi connectivity index (χ2v) is 6.67. The van der Waals surface area contributed by atoms with Gasteiger partial charge in [-0.15, -0.1) is 11.3 Å². The lowest BCUT2D eigenvalue weighted by Gasteiger charge is -2.13. The van der Waals surface area contributed by atoms with Crippen molar-refractivity contribution in [1.29, 1.82) is 0 Å². The average Bonchev–Trinajstić information content (AvgIpc) is 3.03. The highest BCUT2D eigenvalue weighted by atomic mass is 35.5. The van der Waals surface area contributed by atoms with Crippen molar-refractivity contribution >= 4 is 34.6 Å². The topological polar surface area (TPSA) is 64.6 Å². The molecule has 0 bridgehead atoms. The van der Waals surface area contributed by atoms with Crippen LogP contribution >= 0.6 is 22.9 Å². The molecule has 1 aromatic carbocycles. The van der Waals surface area contributed by atoms with Crippen molar-refractivity contribution in [2.24, 2.45) is 0 Å². The highest BCUT2D eigenvalue weighted by Gasteiger charge is 2.13. The molecule has 1 aromatic heterocycles. The van der Waals surface area contributed by atoms with E-state index in [0.717, 1.165) is 5.56 Å². The number of amides is 1. The van der Waals surface area contributed by atoms with Crippen LogP contribution in [0.25, 0.3) is 0 Å². The second kappa shape index (κ2) is 8.70. The molecule has 0 aliphatic carbocycles. The Bertz CT molecular complexity index is 729. The van der Waals surface area contributed by atoms with E-state index in [1.807, 2.05) is 12.1 Å². The minimum atomic E-state index is -0.198. The molecule has 0 fully saturated rings. The van der Waals surface area contributed by atoms with Gasteiger partial charge in [0.1, 0.15) is 0 Å². The largest absolute Gasteiger partial charge is 0.493 e. The van der Waals surface area contributed by atoms with Gasteiger partial charge < -0.3 is 14.8 Å². The maximum absolute atomic E-state index is 12.0. The maximum atomic E-state index is 12.0. The summed E-state index contributed by atoms with van der Waals surface area (Å²) in [6.07, 6.45) is 0.276. The van der Waals surface area contributed by atoms with Crippen molar-refractivity contribution in [3.05, 3.63) is 45.1 Å². The number of thiophene rings is 1. The van der Waals surface area contributed by atoms with E-state index in [9.17, 15) is 9.59 Å². The van der Waals surface area contributed by atoms with Gasteiger partial charge in [-0.3, -0.25) is 9.59 Å². The van der Waals surface area contributed by atoms with Gasteiger partial charge in [0, 0.05) is 24.9 Å². The van der Waals surface area contributed by atoms with E-state index in [4.69, 9.17) is 21.1 Å². The van der Waals surface area contributed by atoms with Gasteiger partial charge in [0.25, 0.3) is 0 Å². The predicted molar refractivity (Wildman–Crippen MR) is 94.3 cm³/mol. The van der Waals surface area contributed by atoms with Gasteiger partial charge >= 0.3 is 0 Å². The third-order valence-electron chi connectivity index (χ3n) is 3.39. The molecule has 0 radical (unpaired) electrons. The highest BCUT2D eigenvalue weighted by molar-refractivity contribution is 7.18. The minimum Gasteiger partial charge on any atom is -0.493 e. The third-order valence-corrected chi connectivity index (χ3v) is 4.66. The molecule has 2 rings (SSSR count). The smallest absolute Gasteiger partial charge is 0.220 e. The fraction of sp³-hybridized carbons (Fsp3) is 0.294. The summed E-state index contributed by atoms with van der Waals surface area (Å²) in [7, 11) is 3.11. The van der Waals surface area contributed by atoms with E-state index in [1.165, 1.54) is 11.3 Å². The molecule has 0 spiro atoms. The first-order valence-corrected chi connectivity index (χ1v) is 8.49. The number of halogens is 1. The van der Waals surface area contributed by atoms with Crippen LogP contribution < -0.4 is 14.8 Å². The number of carbonyl (C=O) groups is 2. The molecule has 5 nitrogen and oxygen atoms in total. The Morgan fingerprint density at radius 2 is 1.92 bits per heavy atom. The molecule has 1 amide bonds. The van der Waals surface area contributed by atoms with E-state index in [0.29, 0.717) is 27.3 Å². The zero-order chi connectivity index (χ0) is 17.5. The molecule has 0 atom stereocenters. The Morgan fingerprint density at radius 3 is 2.54 bits per heavy atom. The highest BCUT2D eigenvalue weighted by Crippen LogP contribution is 2.30. The van der Waals surface area contributed by atoms with Crippen molar-refractivity contribution in [3.63, 3.8) is 0 Å². The van der Waals surface area contributed by atoms with Gasteiger partial charge in [0.15, 0.2) is 17.3 Å². The first-order chi connectivity index (χ1) is 11.5. The Morgan fingerprint density at radius 1 is 1.12 bits per heavy atom. The molecule has 0 aliphatic rings. The normalized spacial score (nSPS) is 10.3. The fourth-order valence-corrected chi connectivity index (χ4v) is 3.20. The van der Waals surface area contributed by atoms with Crippen molar-refractivity contribution in [1.82, 2.24) is 5.32 Å². The quantitative estimate of drug-likeness (QED) is 0.722. The molecule has 128 valence electrons. The van der Waals surface area contributed by atoms with Crippen molar-refractivity contribution in [3.8, 4) is 11.5 Å². The van der Waals surface area contributed by atoms with Crippen molar-refractivity contribution in [2.45, 2.75) is 19.4 Å². The van der Waals surface area contributed by atoms with Crippen LogP contribution in [0.5, 0.6) is 11.5 Å². The van der Waals surface area contributed by atoms with Gasteiger partial charge in [-0.1, -0.05) is 23.7 Å². The second-order valence-electron chi connectivity index (χ2n) is 4.96. The third kappa shape index (κ3) is 4.72. The van der Waals surface area contributed by atoms with E-state index in [1.54, 1.807) is 32.4 Å². The SMILES string of the molecule is COc1cccc(CNC(=O)CCC(=O)c2ccc(Cl)s2)c1OC. The molecular formula is C17H18ClNO4S. The van der Waals surface area contributed by atoms with E-state index in [2.05, 4.69) is 5.32 Å². The minimum absolute atomic E-state index is 0.0824. The van der Waals surface area contributed by atoms with Gasteiger partial charge in [-0.25, -0.2) is 0 Å². The summed E-state index contributed by atoms with van der Waals surface area (Å²) >= 11 is 7.02. The van der Waals surface area contributed by atoms with Gasteiger partial charge in [-0.2, -0.15) is 0 Å². The molecule has 24 heavy (non-hydrogen) atoms. The van der Waals surface area contributed by atoms with Crippen LogP contribution in [0.3, 0.4) is 0 Å². The Hall–Kier alpha value is -2.05. The Labute approximate surface area is 149 Å². The lowest BCUT2D eigenvalue weighted by atomic mass is 10.1. The summed E-state index contributed by atoms with van der Waals surface area (Å²) in [5, 5.41) is 2.79. The number of para-hydroxylation sites is 1. The number of hydrogen-bond acceptors (Lipinski definition) is 5. The van der Waals surface area contributed by atoms with Crippen LogP contribution in [0.15, 0.2) is 30.3 Å². The van der Waals surface area contributed by atoms with E-state index < -0.39 is 0 Å². The number of nitrogens with one attached hydrogen (secondary N) is 1. The molecule has 2 aromatic rings. The van der Waals surface area contributed by atoms with E-state index in [-0.39, 0.29) is 24.5 Å². The molecule has 0 aliphatic heterocycles. The number of carbonyl (C=O) groups excluding carboxylic acids is 2. The molecule has 0 saturated carbocycles. The summed E-state index contributed by atoms with van der Waals surface area (Å²) in [5.74, 6) is 0.912. The number of methoxy groups -OCH3 is 2. The lowest BCUT2D eigenvalue weighted by molar-refractivity contribution is -0.121. The number of hydrogen-bond donors (Lipinski definition) is 1. The van der Waals surface area contributed by atoms with Crippen molar-refractivity contribution in [2.75, 3.05) is 14.2 Å². The molecule has 1 N–H and O–H groups in total. The standard InChI is InChI=1S/C17H18ClNO4S/c1-22-13-5-3-4-11(17(13)23-2)10-19-16(21)9-6-12(20)14-7-8-15(18)24-14/h3-5,7-8H,6,9-10H2,1-2H3,(H,19,21). The first-order valence-electron chi connectivity index (χ1n) is 7.30. The zero-order valence-corrected chi connectivity index (χ0v) is 15.0. The summed E-state index contributed by atoms with van der Waals surface area (Å²) in [4.78, 5) is 24.5. The Kier molecular flexibility index (Phi) is 6.63. The molecule has 7 heteroatoms. The number of ketones is 1. The maximum Gasteiger partial charge on any atom is 0.220 e. The van der Waals surface area contributed by atoms with Crippen LogP contribution in [-0.2, 0) is 11.3 Å². The number of benzene rings is 1. The molecular weight excluding hydrogens is 350 g/mol. The zero-order valence-electron chi connectivity index (χ0n) is 13.4. The summed E-state index contributed by atoms with van der Waals surface area (Å²) < 4.78 is 11.1. The van der Waals surface area contributed by atoms with Crippen LogP contribution in [0.2, 0.25) is 4.34 Å². The predicted octanol–water partition coefficient (Wildman–Crippen LogP) is 3.70. The van der Waals surface area contributed by atoms with Crippen LogP contribution in [-0.4, -0.2) is 25.9 Å². The molecule has 1 heterocycles. The summed E-state index contributed by atoms with van der Waals surface area (Å²) in [5.41, 5.74) is 0.807. The summed E-state index contributed by atoms with van der Waals surface area (Å²) in [6.45, 7) is 0.304. The summed E-state index contributed by atoms with van der Waals surface area (Å²) in [6, 6.07) is 8.81. The molecule has 0 unspecified atom stereocenters. The lowest BCUT2D eigenvalue weighted by Crippen LogP contribution is -2.23. The van der Waals surface area contributed by atoms with E-state index >= 15 is 0 Å². The number of Topliss-reactive ketones (excluding diaryl/α,β-unsaturated/α-hetero) is 1. The van der Waals surface area contributed by atoms with Crippen LogP contribution in [0.1, 0.15) is 28.1 Å². The van der Waals surface area contributed by atoms with Gasteiger partial charge in [0.2, 0.25) is 5.91 Å². The average molecular weight is 368 g/mol.